The SMILES string of the molecule is C1#CC2CNCC1C2. The standard InChI is InChI=1S/C7H9N/c1-2-7-3-6(1)4-8-5-7/h6-8H,3-5H2. The molecule has 1 N–H and O–H groups in total. The fraction of sp³-hybridized carbons (Fsp3) is 0.714. The normalized spacial score (nSPS) is 41.0. The molecule has 0 amide bonds. The molecule has 0 spiro atoms. The minimum Gasteiger partial charge on any atom is -0.314 e. The molecule has 0 saturated carbocycles. The van der Waals surface area contributed by atoms with Gasteiger partial charge in [-0.25, -0.2) is 0 Å². The molecule has 1 aliphatic carbocycles. The van der Waals surface area contributed by atoms with Crippen molar-refractivity contribution < 1.29 is 0 Å². The Morgan fingerprint density at radius 3 is 2.25 bits per heavy atom. The van der Waals surface area contributed by atoms with Crippen molar-refractivity contribution in [1.29, 1.82) is 0 Å². The highest BCUT2D eigenvalue weighted by molar-refractivity contribution is 5.17. The van der Waals surface area contributed by atoms with E-state index in [1.807, 2.05) is 0 Å². The van der Waals surface area contributed by atoms with Crippen LogP contribution in [0.3, 0.4) is 0 Å². The molecule has 1 heterocycles. The van der Waals surface area contributed by atoms with Crippen LogP contribution in [-0.4, -0.2) is 13.1 Å². The molecule has 1 fully saturated rings. The topological polar surface area (TPSA) is 12.0 Å². The maximum absolute atomic E-state index is 3.32. The van der Waals surface area contributed by atoms with E-state index < -0.39 is 0 Å². The number of piperidine rings is 1. The van der Waals surface area contributed by atoms with Crippen molar-refractivity contribution in [1.82, 2.24) is 5.32 Å². The summed E-state index contributed by atoms with van der Waals surface area (Å²) >= 11 is 0. The van der Waals surface area contributed by atoms with Gasteiger partial charge in [0.05, 0.1) is 0 Å². The molecule has 0 aromatic rings. The Kier molecular flexibility index (Phi) is 0.824. The number of hydrogen-bond donors (Lipinski definition) is 1. The Labute approximate surface area is 49.5 Å². The van der Waals surface area contributed by atoms with Gasteiger partial charge < -0.3 is 5.32 Å². The fourth-order valence-corrected chi connectivity index (χ4v) is 1.40. The first-order valence-corrected chi connectivity index (χ1v) is 3.17. The molecular formula is C7H9N. The van der Waals surface area contributed by atoms with Gasteiger partial charge in [-0.1, -0.05) is 11.8 Å². The zero-order valence-corrected chi connectivity index (χ0v) is 4.78. The first-order valence-electron chi connectivity index (χ1n) is 3.17. The van der Waals surface area contributed by atoms with Gasteiger partial charge in [-0.3, -0.25) is 0 Å². The second-order valence-corrected chi connectivity index (χ2v) is 2.58. The van der Waals surface area contributed by atoms with E-state index in [9.17, 15) is 0 Å². The van der Waals surface area contributed by atoms with Crippen molar-refractivity contribution in [2.45, 2.75) is 6.42 Å². The van der Waals surface area contributed by atoms with Crippen molar-refractivity contribution in [3.05, 3.63) is 0 Å². The first-order chi connectivity index (χ1) is 3.95. The maximum Gasteiger partial charge on any atom is 0.0340 e. The zero-order valence-electron chi connectivity index (χ0n) is 4.78. The Morgan fingerprint density at radius 1 is 1.12 bits per heavy atom. The smallest absolute Gasteiger partial charge is 0.0340 e. The van der Waals surface area contributed by atoms with Gasteiger partial charge in [-0.15, -0.1) is 0 Å². The summed E-state index contributed by atoms with van der Waals surface area (Å²) in [6.07, 6.45) is 1.30. The molecule has 1 heteroatoms. The second-order valence-electron chi connectivity index (χ2n) is 2.58. The largest absolute Gasteiger partial charge is 0.314 e. The van der Waals surface area contributed by atoms with Gasteiger partial charge in [0.1, 0.15) is 0 Å². The molecule has 1 saturated heterocycles. The molecule has 42 valence electrons. The highest BCUT2D eigenvalue weighted by atomic mass is 14.9. The highest BCUT2D eigenvalue weighted by Crippen LogP contribution is 2.19. The van der Waals surface area contributed by atoms with Crippen LogP contribution in [-0.2, 0) is 0 Å². The van der Waals surface area contributed by atoms with Crippen molar-refractivity contribution in [3.63, 3.8) is 0 Å². The molecule has 0 aromatic carbocycles. The summed E-state index contributed by atoms with van der Waals surface area (Å²) in [5, 5.41) is 3.32. The molecule has 8 heavy (non-hydrogen) atoms. The van der Waals surface area contributed by atoms with Crippen LogP contribution < -0.4 is 5.32 Å². The Bertz CT molecular complexity index is 138. The lowest BCUT2D eigenvalue weighted by Gasteiger charge is -2.17. The Morgan fingerprint density at radius 2 is 1.75 bits per heavy atom. The first kappa shape index (κ1) is 4.40. The quantitative estimate of drug-likeness (QED) is 0.437. The number of fused-ring (bicyclic) bond motifs is 2. The third-order valence-electron chi connectivity index (χ3n) is 1.84. The van der Waals surface area contributed by atoms with Gasteiger partial charge >= 0.3 is 0 Å². The summed E-state index contributed by atoms with van der Waals surface area (Å²) in [5.74, 6) is 7.79. The van der Waals surface area contributed by atoms with Crippen LogP contribution in [0.25, 0.3) is 0 Å². The minimum atomic E-state index is 0.689. The van der Waals surface area contributed by atoms with Crippen molar-refractivity contribution in [2.24, 2.45) is 11.8 Å². The minimum absolute atomic E-state index is 0.689. The number of nitrogens with one attached hydrogen (secondary N) is 1. The van der Waals surface area contributed by atoms with Crippen LogP contribution in [0.1, 0.15) is 6.42 Å². The summed E-state index contributed by atoms with van der Waals surface area (Å²) in [6, 6.07) is 0. The van der Waals surface area contributed by atoms with Crippen LogP contribution >= 0.6 is 0 Å². The number of rotatable bonds is 0. The molecule has 0 aromatic heterocycles. The van der Waals surface area contributed by atoms with Gasteiger partial charge in [0.25, 0.3) is 0 Å². The van der Waals surface area contributed by atoms with E-state index in [-0.39, 0.29) is 0 Å². The van der Waals surface area contributed by atoms with Gasteiger partial charge in [-0.05, 0) is 6.42 Å². The second kappa shape index (κ2) is 1.50. The van der Waals surface area contributed by atoms with Crippen LogP contribution in [0.15, 0.2) is 0 Å². The van der Waals surface area contributed by atoms with E-state index in [4.69, 9.17) is 0 Å². The van der Waals surface area contributed by atoms with Crippen LogP contribution in [0.4, 0.5) is 0 Å². The van der Waals surface area contributed by atoms with Gasteiger partial charge in [-0.2, -0.15) is 0 Å². The molecule has 2 bridgehead atoms. The molecule has 2 atom stereocenters. The predicted molar refractivity (Wildman–Crippen MR) is 32.2 cm³/mol. The number of hydrogen-bond acceptors (Lipinski definition) is 1. The third kappa shape index (κ3) is 0.535. The van der Waals surface area contributed by atoms with Gasteiger partial charge in [0.15, 0.2) is 0 Å². The van der Waals surface area contributed by atoms with E-state index in [1.54, 1.807) is 0 Å². The molecule has 1 nitrogen and oxygen atoms in total. The average molecular weight is 107 g/mol. The molecule has 1 aliphatic heterocycles. The van der Waals surface area contributed by atoms with E-state index in [1.165, 1.54) is 6.42 Å². The van der Waals surface area contributed by atoms with E-state index in [0.717, 1.165) is 13.1 Å². The molecule has 2 unspecified atom stereocenters. The lowest BCUT2D eigenvalue weighted by molar-refractivity contribution is 0.409. The van der Waals surface area contributed by atoms with E-state index in [0.29, 0.717) is 11.8 Å². The highest BCUT2D eigenvalue weighted by Gasteiger charge is 2.22. The predicted octanol–water partition coefficient (Wildman–Crippen LogP) is 0.229. The average Bonchev–Trinajstić information content (AvgIpc) is 2.12. The van der Waals surface area contributed by atoms with Gasteiger partial charge in [0, 0.05) is 24.9 Å². The molecule has 2 rings (SSSR count). The van der Waals surface area contributed by atoms with Crippen LogP contribution in [0, 0.1) is 23.7 Å². The third-order valence-corrected chi connectivity index (χ3v) is 1.84. The lowest BCUT2D eigenvalue weighted by atomic mass is 9.99. The summed E-state index contributed by atoms with van der Waals surface area (Å²) in [7, 11) is 0. The van der Waals surface area contributed by atoms with Crippen LogP contribution in [0.2, 0.25) is 0 Å². The van der Waals surface area contributed by atoms with E-state index in [2.05, 4.69) is 17.2 Å². The van der Waals surface area contributed by atoms with Gasteiger partial charge in [0.2, 0.25) is 0 Å². The summed E-state index contributed by atoms with van der Waals surface area (Å²) in [5.41, 5.74) is 0. The van der Waals surface area contributed by atoms with Crippen molar-refractivity contribution >= 4 is 0 Å². The summed E-state index contributed by atoms with van der Waals surface area (Å²) < 4.78 is 0. The zero-order chi connectivity index (χ0) is 5.40. The van der Waals surface area contributed by atoms with E-state index >= 15 is 0 Å². The van der Waals surface area contributed by atoms with Crippen molar-refractivity contribution in [2.75, 3.05) is 13.1 Å². The fourth-order valence-electron chi connectivity index (χ4n) is 1.40. The molecule has 2 aliphatic rings. The Balaban J connectivity index is 2.17. The van der Waals surface area contributed by atoms with Crippen molar-refractivity contribution in [3.8, 4) is 11.8 Å². The monoisotopic (exact) mass is 107 g/mol. The Hall–Kier alpha value is -0.480. The molecular weight excluding hydrogens is 98.1 g/mol. The molecule has 0 radical (unpaired) electrons. The summed E-state index contributed by atoms with van der Waals surface area (Å²) in [6.45, 7) is 2.26. The summed E-state index contributed by atoms with van der Waals surface area (Å²) in [4.78, 5) is 0. The maximum atomic E-state index is 3.32. The lowest BCUT2D eigenvalue weighted by Crippen LogP contribution is -2.31. The van der Waals surface area contributed by atoms with Crippen LogP contribution in [0.5, 0.6) is 0 Å².